The summed E-state index contributed by atoms with van der Waals surface area (Å²) < 4.78 is 5.30. The summed E-state index contributed by atoms with van der Waals surface area (Å²) >= 11 is 0. The fraction of sp³-hybridized carbons (Fsp3) is 0.417. The molecular formula is C12H15N3O. The molecule has 84 valence electrons. The lowest BCUT2D eigenvalue weighted by Crippen LogP contribution is -2.35. The molecule has 1 fully saturated rings. The van der Waals surface area contributed by atoms with Crippen LogP contribution < -0.4 is 5.73 Å². The maximum Gasteiger partial charge on any atom is 0.0951 e. The largest absolute Gasteiger partial charge is 0.399 e. The Bertz CT molecular complexity index is 395. The summed E-state index contributed by atoms with van der Waals surface area (Å²) in [4.78, 5) is 2.20. The summed E-state index contributed by atoms with van der Waals surface area (Å²) in [6, 6.07) is 2.20. The third-order valence-corrected chi connectivity index (χ3v) is 2.71. The smallest absolute Gasteiger partial charge is 0.0951 e. The Balaban J connectivity index is 2.22. The number of ether oxygens (including phenoxy) is 1. The number of nitrogens with two attached hydrogens (primary N) is 1. The van der Waals surface area contributed by atoms with Crippen molar-refractivity contribution in [2.24, 2.45) is 5.73 Å². The molecule has 16 heavy (non-hydrogen) atoms. The van der Waals surface area contributed by atoms with Crippen LogP contribution in [-0.2, 0) is 4.74 Å². The Morgan fingerprint density at radius 3 is 2.75 bits per heavy atom. The maximum absolute atomic E-state index is 8.96. The number of allylic oxidation sites excluding steroid dienone is 4. The first-order valence-corrected chi connectivity index (χ1v) is 5.40. The predicted octanol–water partition coefficient (Wildman–Crippen LogP) is 0.899. The highest BCUT2D eigenvalue weighted by Crippen LogP contribution is 2.18. The number of nitrogens with zero attached hydrogens (tertiary/aromatic N) is 2. The van der Waals surface area contributed by atoms with Crippen LogP contribution in [0.4, 0.5) is 0 Å². The van der Waals surface area contributed by atoms with E-state index < -0.39 is 0 Å². The molecule has 0 atom stereocenters. The van der Waals surface area contributed by atoms with Gasteiger partial charge in [-0.15, -0.1) is 0 Å². The van der Waals surface area contributed by atoms with Gasteiger partial charge in [-0.1, -0.05) is 6.08 Å². The Morgan fingerprint density at radius 1 is 1.31 bits per heavy atom. The van der Waals surface area contributed by atoms with Gasteiger partial charge in [0.05, 0.1) is 19.3 Å². The zero-order chi connectivity index (χ0) is 11.4. The minimum Gasteiger partial charge on any atom is -0.399 e. The normalized spacial score (nSPS) is 21.4. The second-order valence-corrected chi connectivity index (χ2v) is 3.86. The predicted molar refractivity (Wildman–Crippen MR) is 61.1 cm³/mol. The highest BCUT2D eigenvalue weighted by molar-refractivity contribution is 5.40. The lowest BCUT2D eigenvalue weighted by atomic mass is 10.2. The van der Waals surface area contributed by atoms with Crippen molar-refractivity contribution in [2.45, 2.75) is 6.42 Å². The molecule has 0 aromatic carbocycles. The molecule has 0 radical (unpaired) electrons. The average molecular weight is 217 g/mol. The molecule has 1 saturated heterocycles. The molecule has 0 amide bonds. The molecular weight excluding hydrogens is 202 g/mol. The van der Waals surface area contributed by atoms with Crippen molar-refractivity contribution in [1.82, 2.24) is 4.90 Å². The molecule has 1 aliphatic heterocycles. The number of hydrogen-bond donors (Lipinski definition) is 1. The van der Waals surface area contributed by atoms with Crippen molar-refractivity contribution >= 4 is 0 Å². The van der Waals surface area contributed by atoms with Crippen LogP contribution in [-0.4, -0.2) is 31.2 Å². The topological polar surface area (TPSA) is 62.3 Å². The number of morpholine rings is 1. The summed E-state index contributed by atoms with van der Waals surface area (Å²) in [5.74, 6) is 0. The van der Waals surface area contributed by atoms with Gasteiger partial charge < -0.3 is 15.4 Å². The minimum absolute atomic E-state index is 0.618. The van der Waals surface area contributed by atoms with Gasteiger partial charge in [-0.2, -0.15) is 5.26 Å². The van der Waals surface area contributed by atoms with Crippen molar-refractivity contribution in [2.75, 3.05) is 26.3 Å². The first-order chi connectivity index (χ1) is 7.79. The molecule has 1 aliphatic carbocycles. The highest BCUT2D eigenvalue weighted by atomic mass is 16.5. The van der Waals surface area contributed by atoms with Crippen LogP contribution in [0.15, 0.2) is 35.2 Å². The zero-order valence-electron chi connectivity index (χ0n) is 9.15. The standard InChI is InChI=1S/C12H15N3O/c13-9-10-1-2-11(14)8-12(7-10)15-3-5-16-6-4-15/h2,7-8H,1,3-6,14H2. The summed E-state index contributed by atoms with van der Waals surface area (Å²) in [5, 5.41) is 8.96. The van der Waals surface area contributed by atoms with E-state index in [1.54, 1.807) is 0 Å². The number of nitriles is 1. The quantitative estimate of drug-likeness (QED) is 0.708. The van der Waals surface area contributed by atoms with E-state index in [1.165, 1.54) is 0 Å². The molecule has 2 rings (SSSR count). The van der Waals surface area contributed by atoms with E-state index in [2.05, 4.69) is 11.0 Å². The van der Waals surface area contributed by atoms with E-state index in [1.807, 2.05) is 18.2 Å². The van der Waals surface area contributed by atoms with Gasteiger partial charge in [0.25, 0.3) is 0 Å². The molecule has 0 aromatic heterocycles. The van der Waals surface area contributed by atoms with Gasteiger partial charge in [0, 0.05) is 36.5 Å². The van der Waals surface area contributed by atoms with Gasteiger partial charge in [-0.25, -0.2) is 0 Å². The van der Waals surface area contributed by atoms with Gasteiger partial charge in [0.15, 0.2) is 0 Å². The minimum atomic E-state index is 0.618. The summed E-state index contributed by atoms with van der Waals surface area (Å²) in [5.41, 5.74) is 8.33. The molecule has 4 heteroatoms. The molecule has 2 N–H and O–H groups in total. The van der Waals surface area contributed by atoms with E-state index in [-0.39, 0.29) is 0 Å². The SMILES string of the molecule is N#CC1=CC(N2CCOCC2)=CC(N)=CC1. The van der Waals surface area contributed by atoms with Gasteiger partial charge in [-0.3, -0.25) is 0 Å². The maximum atomic E-state index is 8.96. The van der Waals surface area contributed by atoms with Crippen molar-refractivity contribution < 1.29 is 4.74 Å². The van der Waals surface area contributed by atoms with Crippen molar-refractivity contribution in [3.05, 3.63) is 35.2 Å². The van der Waals surface area contributed by atoms with Crippen LogP contribution in [0.25, 0.3) is 0 Å². The Morgan fingerprint density at radius 2 is 2.06 bits per heavy atom. The lowest BCUT2D eigenvalue weighted by molar-refractivity contribution is 0.0553. The van der Waals surface area contributed by atoms with Crippen LogP contribution in [0.3, 0.4) is 0 Å². The average Bonchev–Trinajstić information content (AvgIpc) is 2.52. The fourth-order valence-electron chi connectivity index (χ4n) is 1.82. The third-order valence-electron chi connectivity index (χ3n) is 2.71. The monoisotopic (exact) mass is 217 g/mol. The van der Waals surface area contributed by atoms with Gasteiger partial charge in [-0.05, 0) is 12.2 Å². The summed E-state index contributed by atoms with van der Waals surface area (Å²) in [6.45, 7) is 3.18. The first-order valence-electron chi connectivity index (χ1n) is 5.40. The molecule has 0 unspecified atom stereocenters. The molecule has 0 bridgehead atoms. The third kappa shape index (κ3) is 2.44. The van der Waals surface area contributed by atoms with Crippen LogP contribution in [0.2, 0.25) is 0 Å². The van der Waals surface area contributed by atoms with E-state index in [9.17, 15) is 0 Å². The fourth-order valence-corrected chi connectivity index (χ4v) is 1.82. The second kappa shape index (κ2) is 4.86. The van der Waals surface area contributed by atoms with Crippen LogP contribution >= 0.6 is 0 Å². The molecule has 0 saturated carbocycles. The Labute approximate surface area is 95.3 Å². The molecule has 0 spiro atoms. The molecule has 1 heterocycles. The molecule has 2 aliphatic rings. The highest BCUT2D eigenvalue weighted by Gasteiger charge is 2.14. The molecule has 0 aromatic rings. The van der Waals surface area contributed by atoms with Crippen LogP contribution in [0.5, 0.6) is 0 Å². The van der Waals surface area contributed by atoms with Crippen molar-refractivity contribution in [3.63, 3.8) is 0 Å². The summed E-state index contributed by atoms with van der Waals surface area (Å²) in [6.07, 6.45) is 6.34. The van der Waals surface area contributed by atoms with E-state index in [0.29, 0.717) is 6.42 Å². The van der Waals surface area contributed by atoms with Gasteiger partial charge in [0.1, 0.15) is 0 Å². The van der Waals surface area contributed by atoms with Crippen LogP contribution in [0, 0.1) is 11.3 Å². The van der Waals surface area contributed by atoms with Gasteiger partial charge in [0.2, 0.25) is 0 Å². The van der Waals surface area contributed by atoms with Crippen LogP contribution in [0.1, 0.15) is 6.42 Å². The van der Waals surface area contributed by atoms with E-state index >= 15 is 0 Å². The second-order valence-electron chi connectivity index (χ2n) is 3.86. The lowest BCUT2D eigenvalue weighted by Gasteiger charge is -2.29. The number of hydrogen-bond acceptors (Lipinski definition) is 4. The van der Waals surface area contributed by atoms with Crippen molar-refractivity contribution in [3.8, 4) is 6.07 Å². The van der Waals surface area contributed by atoms with E-state index in [4.69, 9.17) is 15.7 Å². The van der Waals surface area contributed by atoms with Gasteiger partial charge >= 0.3 is 0 Å². The van der Waals surface area contributed by atoms with Crippen molar-refractivity contribution in [1.29, 1.82) is 5.26 Å². The Hall–Kier alpha value is -1.73. The zero-order valence-corrected chi connectivity index (χ0v) is 9.15. The first kappa shape index (κ1) is 10.8. The van der Waals surface area contributed by atoms with E-state index in [0.717, 1.165) is 43.3 Å². The number of rotatable bonds is 1. The summed E-state index contributed by atoms with van der Waals surface area (Å²) in [7, 11) is 0. The Kier molecular flexibility index (Phi) is 3.28. The molecule has 4 nitrogen and oxygen atoms in total.